The molecule has 62 valence electrons. The highest BCUT2D eigenvalue weighted by atomic mass is 16.1. The van der Waals surface area contributed by atoms with Crippen molar-refractivity contribution in [2.75, 3.05) is 13.1 Å². The molecule has 2 saturated heterocycles. The van der Waals surface area contributed by atoms with Crippen LogP contribution in [0.3, 0.4) is 0 Å². The maximum atomic E-state index is 11.3. The fraction of sp³-hybridized carbons (Fsp3) is 0.750. The molecule has 0 saturated carbocycles. The van der Waals surface area contributed by atoms with Gasteiger partial charge >= 0.3 is 0 Å². The summed E-state index contributed by atoms with van der Waals surface area (Å²) in [6.07, 6.45) is 2.29. The highest BCUT2D eigenvalue weighted by Crippen LogP contribution is 2.20. The smallest absolute Gasteiger partial charge is 0.162 e. The van der Waals surface area contributed by atoms with E-state index in [2.05, 4.69) is 12.4 Å². The number of ketones is 1. The zero-order chi connectivity index (χ0) is 7.84. The molecule has 0 amide bonds. The van der Waals surface area contributed by atoms with Gasteiger partial charge in [-0.3, -0.25) is 11.8 Å². The average molecular weight is 153 g/mol. The molecule has 0 radical (unpaired) electrons. The van der Waals surface area contributed by atoms with Gasteiger partial charge in [-0.15, -0.1) is 0 Å². The molecular formula is C8H13N2O-. The van der Waals surface area contributed by atoms with Crippen LogP contribution in [0.25, 0.3) is 0 Å². The van der Waals surface area contributed by atoms with Crippen molar-refractivity contribution >= 4 is 5.78 Å². The van der Waals surface area contributed by atoms with E-state index < -0.39 is 0 Å². The third-order valence-electron chi connectivity index (χ3n) is 2.60. The summed E-state index contributed by atoms with van der Waals surface area (Å²) >= 11 is 0. The van der Waals surface area contributed by atoms with Gasteiger partial charge in [0.15, 0.2) is 5.78 Å². The molecule has 2 rings (SSSR count). The van der Waals surface area contributed by atoms with Gasteiger partial charge in [-0.2, -0.15) is 0 Å². The van der Waals surface area contributed by atoms with E-state index in [1.54, 1.807) is 0 Å². The monoisotopic (exact) mass is 153 g/mol. The summed E-state index contributed by atoms with van der Waals surface area (Å²) in [6.45, 7) is 1.51. The molecule has 0 spiro atoms. The van der Waals surface area contributed by atoms with E-state index in [1.165, 1.54) is 0 Å². The molecule has 0 bridgehead atoms. The fourth-order valence-corrected chi connectivity index (χ4v) is 2.04. The van der Waals surface area contributed by atoms with Gasteiger partial charge in [-0.25, -0.2) is 0 Å². The van der Waals surface area contributed by atoms with Crippen LogP contribution in [0.15, 0.2) is 0 Å². The first-order chi connectivity index (χ1) is 5.29. The SMILES string of the molecule is [CH2-]N1CCCC2NCC(=O)C21. The van der Waals surface area contributed by atoms with Crippen molar-refractivity contribution in [3.8, 4) is 0 Å². The lowest BCUT2D eigenvalue weighted by Crippen LogP contribution is -2.47. The Labute approximate surface area is 66.8 Å². The molecule has 11 heavy (non-hydrogen) atoms. The lowest BCUT2D eigenvalue weighted by Gasteiger charge is -2.39. The third kappa shape index (κ3) is 1.08. The molecule has 3 heteroatoms. The Morgan fingerprint density at radius 3 is 3.18 bits per heavy atom. The molecule has 1 N–H and O–H groups in total. The number of nitrogens with one attached hydrogen (secondary N) is 1. The minimum atomic E-state index is 0.0729. The van der Waals surface area contributed by atoms with Crippen LogP contribution in [0.2, 0.25) is 0 Å². The molecule has 3 nitrogen and oxygen atoms in total. The Morgan fingerprint density at radius 2 is 2.45 bits per heavy atom. The maximum Gasteiger partial charge on any atom is 0.162 e. The Hall–Kier alpha value is -0.410. The predicted molar refractivity (Wildman–Crippen MR) is 41.9 cm³/mol. The van der Waals surface area contributed by atoms with Gasteiger partial charge in [0, 0.05) is 6.04 Å². The van der Waals surface area contributed by atoms with Crippen molar-refractivity contribution in [3.63, 3.8) is 0 Å². The fourth-order valence-electron chi connectivity index (χ4n) is 2.04. The maximum absolute atomic E-state index is 11.3. The zero-order valence-electron chi connectivity index (χ0n) is 6.55. The van der Waals surface area contributed by atoms with Gasteiger partial charge in [0.25, 0.3) is 0 Å². The van der Waals surface area contributed by atoms with E-state index in [0.29, 0.717) is 18.4 Å². The van der Waals surface area contributed by atoms with E-state index in [1.807, 2.05) is 4.90 Å². The number of hydrogen-bond donors (Lipinski definition) is 1. The molecular weight excluding hydrogens is 140 g/mol. The van der Waals surface area contributed by atoms with Crippen molar-refractivity contribution in [1.29, 1.82) is 0 Å². The molecule has 2 heterocycles. The summed E-state index contributed by atoms with van der Waals surface area (Å²) in [5.41, 5.74) is 0. The van der Waals surface area contributed by atoms with Crippen LogP contribution >= 0.6 is 0 Å². The first kappa shape index (κ1) is 7.25. The lowest BCUT2D eigenvalue weighted by atomic mass is 9.98. The molecule has 2 unspecified atom stereocenters. The third-order valence-corrected chi connectivity index (χ3v) is 2.60. The topological polar surface area (TPSA) is 32.3 Å². The molecule has 2 fully saturated rings. The summed E-state index contributed by atoms with van der Waals surface area (Å²) < 4.78 is 0. The van der Waals surface area contributed by atoms with Crippen LogP contribution in [0, 0.1) is 7.05 Å². The molecule has 0 aliphatic carbocycles. The number of likely N-dealkylation sites (tertiary alicyclic amines) is 1. The Kier molecular flexibility index (Phi) is 1.69. The number of carbonyl (C=O) groups excluding carboxylic acids is 1. The Balaban J connectivity index is 2.14. The van der Waals surface area contributed by atoms with Gasteiger partial charge in [-0.05, 0) is 19.4 Å². The second-order valence-corrected chi connectivity index (χ2v) is 3.35. The van der Waals surface area contributed by atoms with Crippen molar-refractivity contribution in [1.82, 2.24) is 10.2 Å². The van der Waals surface area contributed by atoms with Crippen LogP contribution in [-0.4, -0.2) is 35.9 Å². The van der Waals surface area contributed by atoms with E-state index in [0.717, 1.165) is 19.4 Å². The van der Waals surface area contributed by atoms with Crippen LogP contribution in [0.1, 0.15) is 12.8 Å². The standard InChI is InChI=1S/C8H13N2O/c1-10-4-2-3-6-8(10)7(11)5-9-6/h6,8-9H,1-5H2/q-1. The number of Topliss-reactive ketones (excluding diaryl/α,β-unsaturated/α-hetero) is 1. The minimum Gasteiger partial charge on any atom is -0.449 e. The number of carbonyl (C=O) groups is 1. The summed E-state index contributed by atoms with van der Waals surface area (Å²) in [5, 5.41) is 3.21. The van der Waals surface area contributed by atoms with Gasteiger partial charge in [0.1, 0.15) is 0 Å². The first-order valence-corrected chi connectivity index (χ1v) is 4.12. The molecule has 2 aliphatic heterocycles. The molecule has 0 aromatic rings. The number of piperidine rings is 1. The van der Waals surface area contributed by atoms with Crippen LogP contribution in [-0.2, 0) is 4.79 Å². The number of hydrogen-bond acceptors (Lipinski definition) is 3. The summed E-state index contributed by atoms with van der Waals surface area (Å²) in [6, 6.07) is 0.456. The summed E-state index contributed by atoms with van der Waals surface area (Å²) in [4.78, 5) is 13.2. The minimum absolute atomic E-state index is 0.0729. The summed E-state index contributed by atoms with van der Waals surface area (Å²) in [5.74, 6) is 0.310. The molecule has 2 atom stereocenters. The van der Waals surface area contributed by atoms with Crippen LogP contribution < -0.4 is 5.32 Å². The second-order valence-electron chi connectivity index (χ2n) is 3.35. The number of rotatable bonds is 0. The summed E-state index contributed by atoms with van der Waals surface area (Å²) in [7, 11) is 3.86. The van der Waals surface area contributed by atoms with E-state index in [-0.39, 0.29) is 6.04 Å². The Bertz CT molecular complexity index is 181. The van der Waals surface area contributed by atoms with Gasteiger partial charge < -0.3 is 10.2 Å². The first-order valence-electron chi connectivity index (χ1n) is 4.12. The molecule has 2 aliphatic rings. The zero-order valence-corrected chi connectivity index (χ0v) is 6.55. The highest BCUT2D eigenvalue weighted by Gasteiger charge is 2.36. The van der Waals surface area contributed by atoms with E-state index in [9.17, 15) is 4.79 Å². The van der Waals surface area contributed by atoms with E-state index >= 15 is 0 Å². The van der Waals surface area contributed by atoms with Crippen molar-refractivity contribution < 1.29 is 4.79 Å². The Morgan fingerprint density at radius 1 is 1.64 bits per heavy atom. The normalized spacial score (nSPS) is 39.2. The van der Waals surface area contributed by atoms with Crippen molar-refractivity contribution in [2.45, 2.75) is 24.9 Å². The van der Waals surface area contributed by atoms with Gasteiger partial charge in [-0.1, -0.05) is 0 Å². The predicted octanol–water partition coefficient (Wildman–Crippen LogP) is -0.217. The molecule has 0 aromatic carbocycles. The van der Waals surface area contributed by atoms with Gasteiger partial charge in [0.05, 0.1) is 12.6 Å². The number of fused-ring (bicyclic) bond motifs is 1. The largest absolute Gasteiger partial charge is 0.449 e. The van der Waals surface area contributed by atoms with Crippen LogP contribution in [0.4, 0.5) is 0 Å². The molecule has 0 aromatic heterocycles. The van der Waals surface area contributed by atoms with Crippen molar-refractivity contribution in [3.05, 3.63) is 7.05 Å². The van der Waals surface area contributed by atoms with Crippen molar-refractivity contribution in [2.24, 2.45) is 0 Å². The van der Waals surface area contributed by atoms with Crippen LogP contribution in [0.5, 0.6) is 0 Å². The quantitative estimate of drug-likeness (QED) is 0.488. The van der Waals surface area contributed by atoms with Gasteiger partial charge in [0.2, 0.25) is 0 Å². The van der Waals surface area contributed by atoms with E-state index in [4.69, 9.17) is 0 Å². The lowest BCUT2D eigenvalue weighted by molar-refractivity contribution is -0.120. The highest BCUT2D eigenvalue weighted by molar-refractivity contribution is 5.89. The number of nitrogens with zero attached hydrogens (tertiary/aromatic N) is 1. The average Bonchev–Trinajstić information content (AvgIpc) is 2.34. The second kappa shape index (κ2) is 2.57.